The first-order chi connectivity index (χ1) is 7.27. The predicted molar refractivity (Wildman–Crippen MR) is 59.4 cm³/mol. The molecule has 15 heavy (non-hydrogen) atoms. The van der Waals surface area contributed by atoms with Gasteiger partial charge in [0.1, 0.15) is 11.6 Å². The molecule has 0 saturated heterocycles. The van der Waals surface area contributed by atoms with Gasteiger partial charge in [-0.05, 0) is 25.8 Å². The van der Waals surface area contributed by atoms with Gasteiger partial charge in [0.2, 0.25) is 0 Å². The minimum Gasteiger partial charge on any atom is -0.317 e. The van der Waals surface area contributed by atoms with Crippen molar-refractivity contribution in [1.29, 1.82) is 0 Å². The van der Waals surface area contributed by atoms with Crippen molar-refractivity contribution in [3.05, 3.63) is 11.6 Å². The summed E-state index contributed by atoms with van der Waals surface area (Å²) in [7, 11) is 2.01. The highest BCUT2D eigenvalue weighted by molar-refractivity contribution is 4.91. The topological polar surface area (TPSA) is 42.7 Å². The summed E-state index contributed by atoms with van der Waals surface area (Å²) in [6, 6.07) is 0. The number of nitrogens with one attached hydrogen (secondary N) is 1. The average Bonchev–Trinajstić information content (AvgIpc) is 2.46. The van der Waals surface area contributed by atoms with Gasteiger partial charge in [-0.1, -0.05) is 19.3 Å². The second-order valence-corrected chi connectivity index (χ2v) is 4.48. The Morgan fingerprint density at radius 2 is 2.20 bits per heavy atom. The molecule has 1 fully saturated rings. The molecule has 4 nitrogen and oxygen atoms in total. The highest BCUT2D eigenvalue weighted by Crippen LogP contribution is 2.28. The third kappa shape index (κ3) is 2.56. The van der Waals surface area contributed by atoms with E-state index in [9.17, 15) is 0 Å². The van der Waals surface area contributed by atoms with Crippen molar-refractivity contribution in [3.63, 3.8) is 0 Å². The van der Waals surface area contributed by atoms with Crippen LogP contribution in [0.4, 0.5) is 0 Å². The van der Waals surface area contributed by atoms with Crippen LogP contribution in [0.25, 0.3) is 0 Å². The predicted octanol–water partition coefficient (Wildman–Crippen LogP) is 1.40. The first-order valence-corrected chi connectivity index (χ1v) is 5.83. The summed E-state index contributed by atoms with van der Waals surface area (Å²) in [4.78, 5) is 0. The van der Waals surface area contributed by atoms with E-state index in [4.69, 9.17) is 0 Å². The minimum absolute atomic E-state index is 0.837. The van der Waals surface area contributed by atoms with Crippen LogP contribution in [-0.4, -0.2) is 21.3 Å². The molecule has 2 rings (SSSR count). The van der Waals surface area contributed by atoms with Crippen molar-refractivity contribution < 1.29 is 0 Å². The van der Waals surface area contributed by atoms with Crippen LogP contribution in [0.3, 0.4) is 0 Å². The molecule has 0 amide bonds. The summed E-state index contributed by atoms with van der Waals surface area (Å²) < 4.78 is 2.04. The molecule has 0 aromatic carbocycles. The molecule has 1 aliphatic rings. The van der Waals surface area contributed by atoms with E-state index in [0.29, 0.717) is 0 Å². The van der Waals surface area contributed by atoms with E-state index in [1.165, 1.54) is 25.7 Å². The summed E-state index contributed by atoms with van der Waals surface area (Å²) in [5, 5.41) is 11.6. The van der Waals surface area contributed by atoms with Gasteiger partial charge in [-0.3, -0.25) is 0 Å². The fraction of sp³-hybridized carbons (Fsp3) is 0.818. The minimum atomic E-state index is 0.837. The Hall–Kier alpha value is -0.900. The molecule has 1 aromatic heterocycles. The molecular formula is C11H20N4. The zero-order valence-electron chi connectivity index (χ0n) is 9.66. The largest absolute Gasteiger partial charge is 0.317 e. The van der Waals surface area contributed by atoms with Crippen molar-refractivity contribution in [2.45, 2.75) is 39.2 Å². The third-order valence-electron chi connectivity index (χ3n) is 3.42. The maximum atomic E-state index is 4.12. The van der Waals surface area contributed by atoms with Gasteiger partial charge in [0.05, 0.1) is 6.54 Å². The van der Waals surface area contributed by atoms with E-state index in [1.54, 1.807) is 0 Å². The van der Waals surface area contributed by atoms with Crippen molar-refractivity contribution >= 4 is 0 Å². The van der Waals surface area contributed by atoms with Crippen LogP contribution in [-0.2, 0) is 13.6 Å². The number of nitrogens with zero attached hydrogens (tertiary/aromatic N) is 3. The molecule has 0 unspecified atom stereocenters. The lowest BCUT2D eigenvalue weighted by atomic mass is 9.83. The number of aromatic nitrogens is 3. The molecule has 0 bridgehead atoms. The fourth-order valence-corrected chi connectivity index (χ4v) is 1.89. The molecule has 0 spiro atoms. The summed E-state index contributed by atoms with van der Waals surface area (Å²) >= 11 is 0. The van der Waals surface area contributed by atoms with Crippen LogP contribution in [0.2, 0.25) is 0 Å². The van der Waals surface area contributed by atoms with Gasteiger partial charge < -0.3 is 9.88 Å². The number of hydrogen-bond donors (Lipinski definition) is 1. The van der Waals surface area contributed by atoms with E-state index in [1.807, 2.05) is 18.5 Å². The number of hydrogen-bond acceptors (Lipinski definition) is 3. The van der Waals surface area contributed by atoms with Gasteiger partial charge in [-0.15, -0.1) is 10.2 Å². The van der Waals surface area contributed by atoms with Crippen molar-refractivity contribution in [2.75, 3.05) is 6.54 Å². The molecule has 1 aliphatic carbocycles. The third-order valence-corrected chi connectivity index (χ3v) is 3.42. The van der Waals surface area contributed by atoms with Gasteiger partial charge in [0, 0.05) is 7.05 Å². The molecule has 4 heteroatoms. The van der Waals surface area contributed by atoms with E-state index in [-0.39, 0.29) is 0 Å². The van der Waals surface area contributed by atoms with Gasteiger partial charge >= 0.3 is 0 Å². The highest BCUT2D eigenvalue weighted by atomic mass is 15.3. The highest BCUT2D eigenvalue weighted by Gasteiger charge is 2.16. The molecule has 1 aromatic rings. The Balaban J connectivity index is 1.66. The van der Waals surface area contributed by atoms with Crippen LogP contribution in [0.5, 0.6) is 0 Å². The van der Waals surface area contributed by atoms with Gasteiger partial charge in [-0.2, -0.15) is 0 Å². The van der Waals surface area contributed by atoms with E-state index in [2.05, 4.69) is 15.5 Å². The Labute approximate surface area is 91.1 Å². The average molecular weight is 208 g/mol. The van der Waals surface area contributed by atoms with Gasteiger partial charge in [0.25, 0.3) is 0 Å². The fourth-order valence-electron chi connectivity index (χ4n) is 1.89. The van der Waals surface area contributed by atoms with Crippen LogP contribution >= 0.6 is 0 Å². The molecule has 1 N–H and O–H groups in total. The monoisotopic (exact) mass is 208 g/mol. The second-order valence-electron chi connectivity index (χ2n) is 4.48. The summed E-state index contributed by atoms with van der Waals surface area (Å²) in [5.41, 5.74) is 0. The van der Waals surface area contributed by atoms with Gasteiger partial charge in [0.15, 0.2) is 0 Å². The lowest BCUT2D eigenvalue weighted by Gasteiger charge is -2.25. The van der Waals surface area contributed by atoms with E-state index >= 15 is 0 Å². The standard InChI is InChI=1S/C11H20N4/c1-9-13-14-11(15(9)2)8-12-7-6-10-4-3-5-10/h10,12H,3-8H2,1-2H3. The van der Waals surface area contributed by atoms with Crippen molar-refractivity contribution in [2.24, 2.45) is 13.0 Å². The first kappa shape index (κ1) is 10.6. The maximum Gasteiger partial charge on any atom is 0.146 e. The number of aryl methyl sites for hydroxylation is 1. The van der Waals surface area contributed by atoms with Gasteiger partial charge in [-0.25, -0.2) is 0 Å². The van der Waals surface area contributed by atoms with E-state index in [0.717, 1.165) is 30.7 Å². The normalized spacial score (nSPS) is 16.7. The Morgan fingerprint density at radius 1 is 1.40 bits per heavy atom. The maximum absolute atomic E-state index is 4.12. The quantitative estimate of drug-likeness (QED) is 0.744. The molecule has 1 heterocycles. The molecule has 0 aliphatic heterocycles. The van der Waals surface area contributed by atoms with E-state index < -0.39 is 0 Å². The summed E-state index contributed by atoms with van der Waals surface area (Å²) in [6.07, 6.45) is 5.62. The number of rotatable bonds is 5. The van der Waals surface area contributed by atoms with Crippen LogP contribution < -0.4 is 5.32 Å². The Kier molecular flexibility index (Phi) is 3.36. The summed E-state index contributed by atoms with van der Waals surface area (Å²) in [5.74, 6) is 2.99. The Bertz CT molecular complexity index is 314. The Morgan fingerprint density at radius 3 is 2.73 bits per heavy atom. The SMILES string of the molecule is Cc1nnc(CNCCC2CCC2)n1C. The first-order valence-electron chi connectivity index (χ1n) is 5.83. The smallest absolute Gasteiger partial charge is 0.146 e. The molecule has 0 radical (unpaired) electrons. The molecular weight excluding hydrogens is 188 g/mol. The van der Waals surface area contributed by atoms with Crippen LogP contribution in [0.1, 0.15) is 37.3 Å². The molecule has 84 valence electrons. The molecule has 0 atom stereocenters. The van der Waals surface area contributed by atoms with Crippen LogP contribution in [0, 0.1) is 12.8 Å². The second kappa shape index (κ2) is 4.75. The van der Waals surface area contributed by atoms with Crippen molar-refractivity contribution in [1.82, 2.24) is 20.1 Å². The van der Waals surface area contributed by atoms with Crippen LogP contribution in [0.15, 0.2) is 0 Å². The lowest BCUT2D eigenvalue weighted by molar-refractivity contribution is 0.291. The van der Waals surface area contributed by atoms with Crippen molar-refractivity contribution in [3.8, 4) is 0 Å². The molecule has 1 saturated carbocycles. The lowest BCUT2D eigenvalue weighted by Crippen LogP contribution is -2.22. The summed E-state index contributed by atoms with van der Waals surface area (Å²) in [6.45, 7) is 3.92. The zero-order chi connectivity index (χ0) is 10.7. The zero-order valence-corrected chi connectivity index (χ0v) is 9.66.